The molecule has 0 amide bonds. The lowest BCUT2D eigenvalue weighted by Gasteiger charge is -2.06. The minimum absolute atomic E-state index is 0.0849. The summed E-state index contributed by atoms with van der Waals surface area (Å²) in [5, 5.41) is 0. The Morgan fingerprint density at radius 1 is 1.24 bits per heavy atom. The molecule has 2 rings (SSSR count). The standard InChI is InChI=1S/C14H17NO2/c1-10(15)13-7-8-14(17-13)12-6-4-3-5-11(12)9-16-2/h3-8,10H,9,15H2,1-2H3. The first-order valence-corrected chi connectivity index (χ1v) is 5.65. The van der Waals surface area contributed by atoms with Crippen LogP contribution in [0, 0.1) is 0 Å². The molecule has 1 unspecified atom stereocenters. The van der Waals surface area contributed by atoms with Crippen molar-refractivity contribution in [3.05, 3.63) is 47.7 Å². The van der Waals surface area contributed by atoms with Gasteiger partial charge in [-0.3, -0.25) is 0 Å². The summed E-state index contributed by atoms with van der Waals surface area (Å²) in [6, 6.07) is 11.8. The van der Waals surface area contributed by atoms with E-state index in [9.17, 15) is 0 Å². The van der Waals surface area contributed by atoms with Gasteiger partial charge in [0.25, 0.3) is 0 Å². The second-order valence-electron chi connectivity index (χ2n) is 4.08. The van der Waals surface area contributed by atoms with E-state index in [-0.39, 0.29) is 6.04 Å². The van der Waals surface area contributed by atoms with E-state index in [2.05, 4.69) is 0 Å². The lowest BCUT2D eigenvalue weighted by molar-refractivity contribution is 0.185. The van der Waals surface area contributed by atoms with Crippen molar-refractivity contribution in [1.29, 1.82) is 0 Å². The maximum absolute atomic E-state index is 5.78. The number of benzene rings is 1. The molecular formula is C14H17NO2. The number of nitrogens with two attached hydrogens (primary N) is 1. The third kappa shape index (κ3) is 2.57. The zero-order valence-electron chi connectivity index (χ0n) is 10.1. The minimum Gasteiger partial charge on any atom is -0.459 e. The second kappa shape index (κ2) is 5.17. The molecule has 0 aliphatic heterocycles. The fourth-order valence-corrected chi connectivity index (χ4v) is 1.78. The van der Waals surface area contributed by atoms with Crippen LogP contribution in [0.3, 0.4) is 0 Å². The average Bonchev–Trinajstić information content (AvgIpc) is 2.79. The minimum atomic E-state index is -0.0849. The maximum Gasteiger partial charge on any atom is 0.134 e. The Labute approximate surface area is 101 Å². The van der Waals surface area contributed by atoms with E-state index >= 15 is 0 Å². The normalized spacial score (nSPS) is 12.6. The lowest BCUT2D eigenvalue weighted by Crippen LogP contribution is -2.02. The van der Waals surface area contributed by atoms with Gasteiger partial charge in [0.15, 0.2) is 0 Å². The molecule has 1 aromatic heterocycles. The number of methoxy groups -OCH3 is 1. The first-order chi connectivity index (χ1) is 8.22. The lowest BCUT2D eigenvalue weighted by atomic mass is 10.1. The summed E-state index contributed by atoms with van der Waals surface area (Å²) >= 11 is 0. The molecule has 1 aromatic carbocycles. The molecule has 3 heteroatoms. The Balaban J connectivity index is 2.38. The molecule has 0 bridgehead atoms. The van der Waals surface area contributed by atoms with Crippen LogP contribution in [0.25, 0.3) is 11.3 Å². The van der Waals surface area contributed by atoms with E-state index in [4.69, 9.17) is 14.9 Å². The summed E-state index contributed by atoms with van der Waals surface area (Å²) in [7, 11) is 1.69. The van der Waals surface area contributed by atoms with Crippen LogP contribution in [-0.2, 0) is 11.3 Å². The summed E-state index contributed by atoms with van der Waals surface area (Å²) in [4.78, 5) is 0. The van der Waals surface area contributed by atoms with Crippen molar-refractivity contribution in [3.8, 4) is 11.3 Å². The molecule has 2 N–H and O–H groups in total. The molecule has 0 spiro atoms. The molecule has 0 saturated heterocycles. The zero-order valence-corrected chi connectivity index (χ0v) is 10.1. The highest BCUT2D eigenvalue weighted by Crippen LogP contribution is 2.27. The van der Waals surface area contributed by atoms with Gasteiger partial charge in [-0.15, -0.1) is 0 Å². The Morgan fingerprint density at radius 2 is 2.00 bits per heavy atom. The Hall–Kier alpha value is -1.58. The first-order valence-electron chi connectivity index (χ1n) is 5.65. The van der Waals surface area contributed by atoms with Crippen molar-refractivity contribution in [3.63, 3.8) is 0 Å². The monoisotopic (exact) mass is 231 g/mol. The van der Waals surface area contributed by atoms with Gasteiger partial charge in [0.1, 0.15) is 11.5 Å². The van der Waals surface area contributed by atoms with E-state index in [0.29, 0.717) is 6.61 Å². The highest BCUT2D eigenvalue weighted by Gasteiger charge is 2.10. The fourth-order valence-electron chi connectivity index (χ4n) is 1.78. The predicted molar refractivity (Wildman–Crippen MR) is 67.5 cm³/mol. The van der Waals surface area contributed by atoms with Crippen LogP contribution in [-0.4, -0.2) is 7.11 Å². The molecule has 1 atom stereocenters. The van der Waals surface area contributed by atoms with Crippen molar-refractivity contribution in [2.75, 3.05) is 7.11 Å². The van der Waals surface area contributed by atoms with Gasteiger partial charge in [-0.25, -0.2) is 0 Å². The van der Waals surface area contributed by atoms with Crippen LogP contribution < -0.4 is 5.73 Å². The SMILES string of the molecule is COCc1ccccc1-c1ccc(C(C)N)o1. The van der Waals surface area contributed by atoms with Crippen molar-refractivity contribution in [1.82, 2.24) is 0 Å². The smallest absolute Gasteiger partial charge is 0.134 e. The molecule has 0 aliphatic carbocycles. The van der Waals surface area contributed by atoms with Crippen LogP contribution in [0.15, 0.2) is 40.8 Å². The third-order valence-electron chi connectivity index (χ3n) is 2.66. The molecule has 3 nitrogen and oxygen atoms in total. The summed E-state index contributed by atoms with van der Waals surface area (Å²) in [6.07, 6.45) is 0. The van der Waals surface area contributed by atoms with E-state index in [1.165, 1.54) is 0 Å². The van der Waals surface area contributed by atoms with E-state index in [1.807, 2.05) is 43.3 Å². The first kappa shape index (κ1) is 11.9. The predicted octanol–water partition coefficient (Wildman–Crippen LogP) is 3.11. The van der Waals surface area contributed by atoms with Gasteiger partial charge in [-0.05, 0) is 24.6 Å². The van der Waals surface area contributed by atoms with Crippen molar-refractivity contribution in [2.24, 2.45) is 5.73 Å². The highest BCUT2D eigenvalue weighted by molar-refractivity contribution is 5.62. The number of hydrogen-bond acceptors (Lipinski definition) is 3. The Bertz CT molecular complexity index is 488. The molecule has 2 aromatic rings. The molecule has 90 valence electrons. The van der Waals surface area contributed by atoms with Crippen LogP contribution >= 0.6 is 0 Å². The highest BCUT2D eigenvalue weighted by atomic mass is 16.5. The zero-order chi connectivity index (χ0) is 12.3. The number of hydrogen-bond donors (Lipinski definition) is 1. The topological polar surface area (TPSA) is 48.4 Å². The molecule has 0 fully saturated rings. The van der Waals surface area contributed by atoms with Crippen molar-refractivity contribution in [2.45, 2.75) is 19.6 Å². The van der Waals surface area contributed by atoms with Gasteiger partial charge in [0, 0.05) is 12.7 Å². The van der Waals surface area contributed by atoms with Gasteiger partial charge < -0.3 is 14.9 Å². The fraction of sp³-hybridized carbons (Fsp3) is 0.286. The molecule has 0 saturated carbocycles. The summed E-state index contributed by atoms with van der Waals surface area (Å²) in [5.74, 6) is 1.64. The van der Waals surface area contributed by atoms with Crippen LogP contribution in [0.1, 0.15) is 24.3 Å². The number of furan rings is 1. The maximum atomic E-state index is 5.78. The molecule has 0 aliphatic rings. The van der Waals surface area contributed by atoms with E-state index in [0.717, 1.165) is 22.6 Å². The van der Waals surface area contributed by atoms with Gasteiger partial charge in [0.05, 0.1) is 12.6 Å². The Morgan fingerprint density at radius 3 is 2.65 bits per heavy atom. The van der Waals surface area contributed by atoms with Crippen LogP contribution in [0.4, 0.5) is 0 Å². The number of rotatable bonds is 4. The molecule has 17 heavy (non-hydrogen) atoms. The second-order valence-corrected chi connectivity index (χ2v) is 4.08. The number of ether oxygens (including phenoxy) is 1. The van der Waals surface area contributed by atoms with Gasteiger partial charge in [0.2, 0.25) is 0 Å². The average molecular weight is 231 g/mol. The van der Waals surface area contributed by atoms with E-state index < -0.39 is 0 Å². The molecular weight excluding hydrogens is 214 g/mol. The summed E-state index contributed by atoms with van der Waals surface area (Å²) in [6.45, 7) is 2.48. The van der Waals surface area contributed by atoms with Crippen LogP contribution in [0.2, 0.25) is 0 Å². The van der Waals surface area contributed by atoms with Crippen molar-refractivity contribution < 1.29 is 9.15 Å². The molecule has 0 radical (unpaired) electrons. The van der Waals surface area contributed by atoms with Gasteiger partial charge in [-0.1, -0.05) is 24.3 Å². The van der Waals surface area contributed by atoms with Gasteiger partial charge in [-0.2, -0.15) is 0 Å². The van der Waals surface area contributed by atoms with E-state index in [1.54, 1.807) is 7.11 Å². The third-order valence-corrected chi connectivity index (χ3v) is 2.66. The largest absolute Gasteiger partial charge is 0.459 e. The quantitative estimate of drug-likeness (QED) is 0.879. The van der Waals surface area contributed by atoms with Crippen molar-refractivity contribution >= 4 is 0 Å². The summed E-state index contributed by atoms with van der Waals surface area (Å²) < 4.78 is 10.9. The summed E-state index contributed by atoms with van der Waals surface area (Å²) in [5.41, 5.74) is 7.95. The van der Waals surface area contributed by atoms with Crippen LogP contribution in [0.5, 0.6) is 0 Å². The Kier molecular flexibility index (Phi) is 3.61. The molecule has 1 heterocycles. The van der Waals surface area contributed by atoms with Gasteiger partial charge >= 0.3 is 0 Å².